The lowest BCUT2D eigenvalue weighted by Gasteiger charge is -2.44. The summed E-state index contributed by atoms with van der Waals surface area (Å²) in [5.74, 6) is -3.86. The summed E-state index contributed by atoms with van der Waals surface area (Å²) in [6.45, 7) is 3.33. The molecule has 0 aromatic heterocycles. The zero-order chi connectivity index (χ0) is 22.8. The molecule has 1 rings (SSSR count). The first kappa shape index (κ1) is 24.7. The Morgan fingerprint density at radius 1 is 0.900 bits per heavy atom. The molecule has 1 amide bonds. The maximum atomic E-state index is 12.0. The third kappa shape index (κ3) is 7.93. The van der Waals surface area contributed by atoms with Crippen LogP contribution in [0.3, 0.4) is 0 Å². The summed E-state index contributed by atoms with van der Waals surface area (Å²) in [5, 5.41) is 5.43. The average Bonchev–Trinajstić information content (AvgIpc) is 2.62. The van der Waals surface area contributed by atoms with Crippen LogP contribution >= 0.6 is 0 Å². The fourth-order valence-electron chi connectivity index (χ4n) is 2.64. The third-order valence-corrected chi connectivity index (χ3v) is 3.57. The number of amides is 1. The van der Waals surface area contributed by atoms with Crippen molar-refractivity contribution in [3.63, 3.8) is 0 Å². The Hall–Kier alpha value is -3.38. The van der Waals surface area contributed by atoms with Gasteiger partial charge in [-0.2, -0.15) is 0 Å². The Morgan fingerprint density at radius 2 is 1.43 bits per heavy atom. The maximum absolute atomic E-state index is 12.0. The topological polar surface area (TPSA) is 192 Å². The molecular formula is C16H22N4O10. The maximum Gasteiger partial charge on any atom is 0.303 e. The normalized spacial score (nSPS) is 25.1. The molecule has 0 aliphatic carbocycles. The van der Waals surface area contributed by atoms with Crippen LogP contribution in [0, 0.1) is 0 Å². The summed E-state index contributed by atoms with van der Waals surface area (Å²) in [6.07, 6.45) is -6.78. The predicted molar refractivity (Wildman–Crippen MR) is 94.1 cm³/mol. The van der Waals surface area contributed by atoms with Crippen LogP contribution < -0.4 is 5.32 Å². The van der Waals surface area contributed by atoms with Gasteiger partial charge in [0.1, 0.15) is 19.3 Å². The van der Waals surface area contributed by atoms with Gasteiger partial charge in [-0.1, -0.05) is 5.11 Å². The van der Waals surface area contributed by atoms with Gasteiger partial charge >= 0.3 is 23.9 Å². The summed E-state index contributed by atoms with van der Waals surface area (Å²) in [5.41, 5.74) is 8.34. The van der Waals surface area contributed by atoms with Gasteiger partial charge in [-0.05, 0) is 5.53 Å². The van der Waals surface area contributed by atoms with Crippen molar-refractivity contribution in [2.75, 3.05) is 13.2 Å². The second-order valence-corrected chi connectivity index (χ2v) is 6.08. The fourth-order valence-corrected chi connectivity index (χ4v) is 2.64. The van der Waals surface area contributed by atoms with E-state index in [1.54, 1.807) is 0 Å². The van der Waals surface area contributed by atoms with E-state index in [0.29, 0.717) is 0 Å². The smallest absolute Gasteiger partial charge is 0.303 e. The number of azide groups is 1. The standard InChI is InChI=1S/C16H22N4O10/c1-7(21)26-6-11-13(27-8(2)22)14(28-9(3)23)15(29-10(4)24)16(30-11)19-12(25)5-18-20-17/h11,13-16H,5-6H2,1-4H3,(H,19,25)/t11-,13-,14+,15-,16-/m1/s1. The number of carbonyl (C=O) groups is 5. The monoisotopic (exact) mass is 430 g/mol. The Balaban J connectivity index is 3.31. The van der Waals surface area contributed by atoms with Gasteiger partial charge in [-0.15, -0.1) is 0 Å². The second-order valence-electron chi connectivity index (χ2n) is 6.08. The van der Waals surface area contributed by atoms with Crippen molar-refractivity contribution in [3.8, 4) is 0 Å². The molecule has 1 fully saturated rings. The number of rotatable bonds is 8. The molecular weight excluding hydrogens is 408 g/mol. The van der Waals surface area contributed by atoms with Crippen LogP contribution in [0.4, 0.5) is 0 Å². The highest BCUT2D eigenvalue weighted by molar-refractivity contribution is 5.78. The van der Waals surface area contributed by atoms with Crippen LogP contribution in [0.5, 0.6) is 0 Å². The molecule has 5 atom stereocenters. The Morgan fingerprint density at radius 3 is 1.93 bits per heavy atom. The first-order valence-corrected chi connectivity index (χ1v) is 8.65. The third-order valence-electron chi connectivity index (χ3n) is 3.57. The second kappa shape index (κ2) is 11.6. The van der Waals surface area contributed by atoms with E-state index in [2.05, 4.69) is 15.3 Å². The number of nitrogens with zero attached hydrogens (tertiary/aromatic N) is 3. The lowest BCUT2D eigenvalue weighted by Crippen LogP contribution is -2.66. The van der Waals surface area contributed by atoms with Crippen molar-refractivity contribution in [2.45, 2.75) is 58.3 Å². The van der Waals surface area contributed by atoms with Crippen molar-refractivity contribution in [3.05, 3.63) is 10.4 Å². The molecule has 0 unspecified atom stereocenters. The average molecular weight is 430 g/mol. The van der Waals surface area contributed by atoms with E-state index in [9.17, 15) is 24.0 Å². The minimum atomic E-state index is -1.43. The van der Waals surface area contributed by atoms with Crippen LogP contribution in [0.25, 0.3) is 10.4 Å². The molecule has 1 saturated heterocycles. The Labute approximate surface area is 170 Å². The van der Waals surface area contributed by atoms with E-state index in [4.69, 9.17) is 29.2 Å². The molecule has 1 N–H and O–H groups in total. The summed E-state index contributed by atoms with van der Waals surface area (Å²) >= 11 is 0. The SMILES string of the molecule is CC(=O)OC[C@H]1O[C@@H](NC(=O)CN=[N+]=[N-])[C@H](OC(C)=O)[C@@H](OC(C)=O)[C@@H]1OC(C)=O. The van der Waals surface area contributed by atoms with Gasteiger partial charge in [0, 0.05) is 32.6 Å². The minimum absolute atomic E-state index is 0.430. The molecule has 0 radical (unpaired) electrons. The van der Waals surface area contributed by atoms with Gasteiger partial charge in [0.2, 0.25) is 5.91 Å². The van der Waals surface area contributed by atoms with Crippen molar-refractivity contribution in [1.29, 1.82) is 0 Å². The Kier molecular flexibility index (Phi) is 9.52. The van der Waals surface area contributed by atoms with Gasteiger partial charge in [0.15, 0.2) is 24.5 Å². The molecule has 0 saturated carbocycles. The highest BCUT2D eigenvalue weighted by Crippen LogP contribution is 2.28. The molecule has 0 aromatic rings. The van der Waals surface area contributed by atoms with Crippen LogP contribution in [0.1, 0.15) is 27.7 Å². The van der Waals surface area contributed by atoms with Gasteiger partial charge in [0.05, 0.1) is 0 Å². The van der Waals surface area contributed by atoms with E-state index in [1.165, 1.54) is 0 Å². The van der Waals surface area contributed by atoms with Crippen LogP contribution in [-0.4, -0.2) is 73.6 Å². The molecule has 1 heterocycles. The molecule has 14 heteroatoms. The molecule has 30 heavy (non-hydrogen) atoms. The highest BCUT2D eigenvalue weighted by atomic mass is 16.7. The van der Waals surface area contributed by atoms with Gasteiger partial charge in [-0.25, -0.2) is 0 Å². The zero-order valence-electron chi connectivity index (χ0n) is 16.7. The van der Waals surface area contributed by atoms with Crippen molar-refractivity contribution < 1.29 is 47.7 Å². The van der Waals surface area contributed by atoms with Gasteiger partial charge < -0.3 is 29.0 Å². The largest absolute Gasteiger partial charge is 0.463 e. The number of carbonyl (C=O) groups excluding carboxylic acids is 5. The van der Waals surface area contributed by atoms with E-state index in [0.717, 1.165) is 27.7 Å². The molecule has 0 spiro atoms. The lowest BCUT2D eigenvalue weighted by molar-refractivity contribution is -0.256. The lowest BCUT2D eigenvalue weighted by atomic mass is 9.97. The minimum Gasteiger partial charge on any atom is -0.463 e. The van der Waals surface area contributed by atoms with Crippen molar-refractivity contribution in [2.24, 2.45) is 5.11 Å². The fraction of sp³-hybridized carbons (Fsp3) is 0.688. The number of hydrogen-bond donors (Lipinski definition) is 1. The molecule has 1 aliphatic heterocycles. The zero-order valence-corrected chi connectivity index (χ0v) is 16.7. The molecule has 1 aliphatic rings. The van der Waals surface area contributed by atoms with Crippen molar-refractivity contribution in [1.82, 2.24) is 5.32 Å². The van der Waals surface area contributed by atoms with Gasteiger partial charge in [0.25, 0.3) is 0 Å². The molecule has 0 bridgehead atoms. The number of ether oxygens (including phenoxy) is 5. The Bertz CT molecular complexity index is 736. The van der Waals surface area contributed by atoms with Crippen LogP contribution in [0.2, 0.25) is 0 Å². The van der Waals surface area contributed by atoms with Crippen molar-refractivity contribution >= 4 is 29.8 Å². The van der Waals surface area contributed by atoms with Crippen LogP contribution in [-0.2, 0) is 47.7 Å². The molecule has 14 nitrogen and oxygen atoms in total. The quantitative estimate of drug-likeness (QED) is 0.172. The van der Waals surface area contributed by atoms with E-state index >= 15 is 0 Å². The van der Waals surface area contributed by atoms with E-state index < -0.39 is 73.6 Å². The molecule has 166 valence electrons. The molecule has 0 aromatic carbocycles. The number of esters is 4. The summed E-state index contributed by atoms with van der Waals surface area (Å²) < 4.78 is 26.1. The highest BCUT2D eigenvalue weighted by Gasteiger charge is 2.52. The van der Waals surface area contributed by atoms with Gasteiger partial charge in [-0.3, -0.25) is 24.0 Å². The predicted octanol–water partition coefficient (Wildman–Crippen LogP) is -0.504. The van der Waals surface area contributed by atoms with E-state index in [1.807, 2.05) is 0 Å². The summed E-state index contributed by atoms with van der Waals surface area (Å²) in [7, 11) is 0. The number of hydrogen-bond acceptors (Lipinski definition) is 11. The first-order valence-electron chi connectivity index (χ1n) is 8.65. The first-order chi connectivity index (χ1) is 14.0. The van der Waals surface area contributed by atoms with Crippen LogP contribution in [0.15, 0.2) is 5.11 Å². The van der Waals surface area contributed by atoms with E-state index in [-0.39, 0.29) is 0 Å². The summed E-state index contributed by atoms with van der Waals surface area (Å²) in [4.78, 5) is 60.5. The number of nitrogens with one attached hydrogen (secondary N) is 1. The summed E-state index contributed by atoms with van der Waals surface area (Å²) in [6, 6.07) is 0.